The number of nitrogens with one attached hydrogen (secondary N) is 1. The number of rotatable bonds is 6. The van der Waals surface area contributed by atoms with Crippen molar-refractivity contribution in [3.8, 4) is 5.75 Å². The molecular formula is C18H16ClF3N2O3. The molecule has 0 unspecified atom stereocenters. The Morgan fingerprint density at radius 2 is 1.74 bits per heavy atom. The topological polar surface area (TPSA) is 58.6 Å². The molecule has 0 spiro atoms. The van der Waals surface area contributed by atoms with Crippen LogP contribution in [0.15, 0.2) is 48.5 Å². The van der Waals surface area contributed by atoms with E-state index in [9.17, 15) is 22.8 Å². The molecule has 2 aromatic carbocycles. The first-order valence-electron chi connectivity index (χ1n) is 7.76. The van der Waals surface area contributed by atoms with E-state index < -0.39 is 35.9 Å². The van der Waals surface area contributed by atoms with Crippen LogP contribution >= 0.6 is 11.6 Å². The minimum absolute atomic E-state index is 0.311. The number of carbonyl (C=O) groups excluding carboxylic acids is 2. The minimum Gasteiger partial charge on any atom is -0.483 e. The molecule has 0 aliphatic heterocycles. The molecule has 0 radical (unpaired) electrons. The number of nitrogens with zero attached hydrogens (tertiary/aromatic N) is 1. The second-order valence-corrected chi connectivity index (χ2v) is 5.97. The van der Waals surface area contributed by atoms with E-state index in [0.717, 1.165) is 17.0 Å². The number of alkyl halides is 3. The number of hydrogen-bond acceptors (Lipinski definition) is 3. The van der Waals surface area contributed by atoms with Crippen molar-refractivity contribution in [3.63, 3.8) is 0 Å². The first-order valence-corrected chi connectivity index (χ1v) is 8.13. The SMILES string of the molecule is CN(CC(=O)Nc1ccccc1Cl)C(=O)COc1ccccc1C(F)(F)F. The molecule has 9 heteroatoms. The van der Waals surface area contributed by atoms with Gasteiger partial charge in [0, 0.05) is 7.05 Å². The third-order valence-corrected chi connectivity index (χ3v) is 3.83. The number of anilines is 1. The van der Waals surface area contributed by atoms with Gasteiger partial charge < -0.3 is 15.0 Å². The van der Waals surface area contributed by atoms with Crippen LogP contribution < -0.4 is 10.1 Å². The zero-order valence-electron chi connectivity index (χ0n) is 14.2. The van der Waals surface area contributed by atoms with Gasteiger partial charge in [-0.3, -0.25) is 9.59 Å². The molecule has 0 heterocycles. The van der Waals surface area contributed by atoms with Crippen LogP contribution in [0.25, 0.3) is 0 Å². The Morgan fingerprint density at radius 3 is 2.41 bits per heavy atom. The highest BCUT2D eigenvalue weighted by Crippen LogP contribution is 2.35. The van der Waals surface area contributed by atoms with Gasteiger partial charge in [-0.25, -0.2) is 0 Å². The van der Waals surface area contributed by atoms with Gasteiger partial charge in [0.05, 0.1) is 22.8 Å². The molecule has 0 aliphatic carbocycles. The lowest BCUT2D eigenvalue weighted by Crippen LogP contribution is -2.37. The quantitative estimate of drug-likeness (QED) is 0.801. The zero-order chi connectivity index (χ0) is 20.0. The lowest BCUT2D eigenvalue weighted by molar-refractivity contribution is -0.141. The Bertz CT molecular complexity index is 827. The van der Waals surface area contributed by atoms with Gasteiger partial charge in [0.25, 0.3) is 5.91 Å². The fourth-order valence-electron chi connectivity index (χ4n) is 2.13. The molecule has 0 bridgehead atoms. The molecule has 0 aliphatic rings. The van der Waals surface area contributed by atoms with Crippen molar-refractivity contribution in [3.05, 3.63) is 59.1 Å². The third kappa shape index (κ3) is 5.89. The Morgan fingerprint density at radius 1 is 1.11 bits per heavy atom. The highest BCUT2D eigenvalue weighted by molar-refractivity contribution is 6.33. The molecule has 2 aromatic rings. The fraction of sp³-hybridized carbons (Fsp3) is 0.222. The van der Waals surface area contributed by atoms with Crippen LogP contribution in [0.1, 0.15) is 5.56 Å². The van der Waals surface area contributed by atoms with Gasteiger partial charge in [0.1, 0.15) is 5.75 Å². The summed E-state index contributed by atoms with van der Waals surface area (Å²) in [5.41, 5.74) is -0.586. The molecule has 1 N–H and O–H groups in total. The first kappa shape index (κ1) is 20.6. The molecule has 27 heavy (non-hydrogen) atoms. The molecule has 0 atom stereocenters. The van der Waals surface area contributed by atoms with E-state index in [1.807, 2.05) is 0 Å². The number of benzene rings is 2. The Hall–Kier alpha value is -2.74. The summed E-state index contributed by atoms with van der Waals surface area (Å²) in [6.07, 6.45) is -4.60. The highest BCUT2D eigenvalue weighted by atomic mass is 35.5. The van der Waals surface area contributed by atoms with Gasteiger partial charge in [-0.2, -0.15) is 13.2 Å². The van der Waals surface area contributed by atoms with Crippen LogP contribution in [-0.4, -0.2) is 36.9 Å². The Balaban J connectivity index is 1.91. The summed E-state index contributed by atoms with van der Waals surface area (Å²) in [5.74, 6) is -1.61. The van der Waals surface area contributed by atoms with Gasteiger partial charge >= 0.3 is 6.18 Å². The van der Waals surface area contributed by atoms with E-state index in [1.54, 1.807) is 24.3 Å². The van der Waals surface area contributed by atoms with Gasteiger partial charge in [-0.15, -0.1) is 0 Å². The summed E-state index contributed by atoms with van der Waals surface area (Å²) in [6.45, 7) is -0.947. The van der Waals surface area contributed by atoms with Crippen LogP contribution in [0.3, 0.4) is 0 Å². The van der Waals surface area contributed by atoms with E-state index in [2.05, 4.69) is 5.32 Å². The van der Waals surface area contributed by atoms with Crippen LogP contribution in [0.4, 0.5) is 18.9 Å². The number of halogens is 4. The normalized spacial score (nSPS) is 11.0. The number of likely N-dealkylation sites (N-methyl/N-ethyl adjacent to an activating group) is 1. The number of para-hydroxylation sites is 2. The standard InChI is InChI=1S/C18H16ClF3N2O3/c1-24(10-16(25)23-14-8-4-3-7-13(14)19)17(26)11-27-15-9-5-2-6-12(15)18(20,21)22/h2-9H,10-11H2,1H3,(H,23,25). The molecule has 5 nitrogen and oxygen atoms in total. The number of amides is 2. The van der Waals surface area contributed by atoms with Gasteiger partial charge in [-0.1, -0.05) is 35.9 Å². The maximum atomic E-state index is 12.9. The maximum Gasteiger partial charge on any atom is 0.419 e. The van der Waals surface area contributed by atoms with E-state index in [-0.39, 0.29) is 6.54 Å². The fourth-order valence-corrected chi connectivity index (χ4v) is 2.32. The van der Waals surface area contributed by atoms with Crippen molar-refractivity contribution < 1.29 is 27.5 Å². The minimum atomic E-state index is -4.60. The van der Waals surface area contributed by atoms with E-state index in [4.69, 9.17) is 16.3 Å². The molecule has 0 saturated carbocycles. The van der Waals surface area contributed by atoms with Crippen molar-refractivity contribution in [2.45, 2.75) is 6.18 Å². The number of hydrogen-bond donors (Lipinski definition) is 1. The molecule has 2 amide bonds. The average Bonchev–Trinajstić information content (AvgIpc) is 2.61. The monoisotopic (exact) mass is 400 g/mol. The summed E-state index contributed by atoms with van der Waals surface area (Å²) >= 11 is 5.93. The van der Waals surface area contributed by atoms with Crippen molar-refractivity contribution in [2.75, 3.05) is 25.5 Å². The third-order valence-electron chi connectivity index (χ3n) is 3.50. The first-order chi connectivity index (χ1) is 12.7. The number of carbonyl (C=O) groups is 2. The van der Waals surface area contributed by atoms with Gasteiger partial charge in [0.2, 0.25) is 5.91 Å². The second-order valence-electron chi connectivity index (χ2n) is 5.56. The van der Waals surface area contributed by atoms with Gasteiger partial charge in [-0.05, 0) is 24.3 Å². The maximum absolute atomic E-state index is 12.9. The van der Waals surface area contributed by atoms with Crippen molar-refractivity contribution in [1.29, 1.82) is 0 Å². The van der Waals surface area contributed by atoms with Crippen LogP contribution in [0.5, 0.6) is 5.75 Å². The predicted molar refractivity (Wildman–Crippen MR) is 94.7 cm³/mol. The summed E-state index contributed by atoms with van der Waals surface area (Å²) in [7, 11) is 1.34. The molecule has 0 saturated heterocycles. The summed E-state index contributed by atoms with van der Waals surface area (Å²) in [5, 5.41) is 2.88. The van der Waals surface area contributed by atoms with Gasteiger partial charge in [0.15, 0.2) is 6.61 Å². The summed E-state index contributed by atoms with van der Waals surface area (Å²) < 4.78 is 43.7. The molecule has 0 fully saturated rings. The van der Waals surface area contributed by atoms with Crippen LogP contribution in [0, 0.1) is 0 Å². The predicted octanol–water partition coefficient (Wildman–Crippen LogP) is 3.83. The van der Waals surface area contributed by atoms with Crippen LogP contribution in [0.2, 0.25) is 5.02 Å². The molecular weight excluding hydrogens is 385 g/mol. The van der Waals surface area contributed by atoms with E-state index in [0.29, 0.717) is 10.7 Å². The summed E-state index contributed by atoms with van der Waals surface area (Å²) in [4.78, 5) is 25.1. The Kier molecular flexibility index (Phi) is 6.68. The van der Waals surface area contributed by atoms with Crippen molar-refractivity contribution in [2.24, 2.45) is 0 Å². The second kappa shape index (κ2) is 8.77. The average molecular weight is 401 g/mol. The molecule has 144 valence electrons. The zero-order valence-corrected chi connectivity index (χ0v) is 15.0. The highest BCUT2D eigenvalue weighted by Gasteiger charge is 2.34. The van der Waals surface area contributed by atoms with Crippen molar-refractivity contribution in [1.82, 2.24) is 4.90 Å². The largest absolute Gasteiger partial charge is 0.483 e. The van der Waals surface area contributed by atoms with E-state index >= 15 is 0 Å². The molecule has 0 aromatic heterocycles. The summed E-state index contributed by atoms with van der Waals surface area (Å²) in [6, 6.07) is 11.2. The number of ether oxygens (including phenoxy) is 1. The lowest BCUT2D eigenvalue weighted by atomic mass is 10.2. The van der Waals surface area contributed by atoms with Crippen molar-refractivity contribution >= 4 is 29.1 Å². The van der Waals surface area contributed by atoms with Crippen LogP contribution in [-0.2, 0) is 15.8 Å². The van der Waals surface area contributed by atoms with E-state index in [1.165, 1.54) is 19.2 Å². The smallest absolute Gasteiger partial charge is 0.419 e. The lowest BCUT2D eigenvalue weighted by Gasteiger charge is -2.18. The molecule has 2 rings (SSSR count). The Labute approximate surface area is 158 Å².